The molecule has 2 N–H and O–H groups in total. The van der Waals surface area contributed by atoms with Crippen LogP contribution >= 0.6 is 11.8 Å². The summed E-state index contributed by atoms with van der Waals surface area (Å²) in [4.78, 5) is 25.4. The van der Waals surface area contributed by atoms with Crippen LogP contribution in [0.5, 0.6) is 0 Å². The molecule has 2 aliphatic rings. The van der Waals surface area contributed by atoms with E-state index < -0.39 is 5.92 Å². The molecule has 4 rings (SSSR count). The van der Waals surface area contributed by atoms with Gasteiger partial charge in [0.15, 0.2) is 5.78 Å². The Kier molecular flexibility index (Phi) is 6.48. The molecule has 0 saturated carbocycles. The van der Waals surface area contributed by atoms with Crippen LogP contribution in [0.3, 0.4) is 0 Å². The van der Waals surface area contributed by atoms with Crippen molar-refractivity contribution in [2.45, 2.75) is 39.0 Å². The molecule has 1 aliphatic heterocycles. The molecule has 1 heterocycles. The number of Topliss-reactive ketones (excluding diaryl/α,β-unsaturated/α-hetero) is 1. The number of thioether (sulfide) groups is 1. The molecule has 0 bridgehead atoms. The molecule has 6 heteroatoms. The highest BCUT2D eigenvalue weighted by Gasteiger charge is 2.37. The molecule has 5 nitrogen and oxygen atoms in total. The summed E-state index contributed by atoms with van der Waals surface area (Å²) in [5.41, 5.74) is 5.97. The molecular weight excluding hydrogens is 418 g/mol. The van der Waals surface area contributed by atoms with E-state index in [-0.39, 0.29) is 17.4 Å². The quantitative estimate of drug-likeness (QED) is 0.671. The molecule has 0 fully saturated rings. The van der Waals surface area contributed by atoms with Crippen molar-refractivity contribution in [2.24, 2.45) is 0 Å². The van der Waals surface area contributed by atoms with Crippen molar-refractivity contribution in [3.05, 3.63) is 87.1 Å². The Balaban J connectivity index is 1.62. The second-order valence-corrected chi connectivity index (χ2v) is 9.13. The number of hydrogen-bond acceptors (Lipinski definition) is 5. The van der Waals surface area contributed by atoms with Crippen molar-refractivity contribution in [3.8, 4) is 6.07 Å². The fraction of sp³-hybridized carbons (Fsp3) is 0.269. The second-order valence-electron chi connectivity index (χ2n) is 8.14. The summed E-state index contributed by atoms with van der Waals surface area (Å²) < 4.78 is 0. The van der Waals surface area contributed by atoms with Gasteiger partial charge in [0.1, 0.15) is 0 Å². The third kappa shape index (κ3) is 4.49. The van der Waals surface area contributed by atoms with Crippen LogP contribution in [-0.4, -0.2) is 17.4 Å². The van der Waals surface area contributed by atoms with Gasteiger partial charge < -0.3 is 10.6 Å². The lowest BCUT2D eigenvalue weighted by molar-refractivity contribution is -0.116. The molecule has 0 spiro atoms. The predicted molar refractivity (Wildman–Crippen MR) is 128 cm³/mol. The van der Waals surface area contributed by atoms with Crippen molar-refractivity contribution in [2.75, 3.05) is 11.1 Å². The number of carbonyl (C=O) groups is 2. The molecular formula is C26H25N3O2S. The largest absolute Gasteiger partial charge is 0.352 e. The number of allylic oxidation sites excluding steroid dienone is 3. The Morgan fingerprint density at radius 3 is 2.62 bits per heavy atom. The first-order chi connectivity index (χ1) is 15.5. The van der Waals surface area contributed by atoms with E-state index in [1.165, 1.54) is 11.8 Å². The zero-order valence-corrected chi connectivity index (χ0v) is 19.0. The van der Waals surface area contributed by atoms with Crippen molar-refractivity contribution in [1.82, 2.24) is 5.32 Å². The van der Waals surface area contributed by atoms with Crippen LogP contribution in [0.2, 0.25) is 0 Å². The van der Waals surface area contributed by atoms with Crippen LogP contribution in [0.1, 0.15) is 41.9 Å². The van der Waals surface area contributed by atoms with E-state index in [0.29, 0.717) is 22.6 Å². The third-order valence-electron chi connectivity index (χ3n) is 5.85. The molecule has 2 aromatic rings. The minimum absolute atomic E-state index is 0.0981. The van der Waals surface area contributed by atoms with Crippen LogP contribution in [0, 0.1) is 25.2 Å². The first-order valence-electron chi connectivity index (χ1n) is 10.7. The maximum Gasteiger partial charge on any atom is 0.234 e. The summed E-state index contributed by atoms with van der Waals surface area (Å²) in [6.45, 7) is 4.00. The van der Waals surface area contributed by atoms with E-state index in [1.54, 1.807) is 0 Å². The first-order valence-corrected chi connectivity index (χ1v) is 11.7. The average molecular weight is 444 g/mol. The van der Waals surface area contributed by atoms with Crippen molar-refractivity contribution in [1.29, 1.82) is 5.26 Å². The van der Waals surface area contributed by atoms with Gasteiger partial charge in [-0.2, -0.15) is 5.26 Å². The summed E-state index contributed by atoms with van der Waals surface area (Å²) in [5, 5.41) is 17.0. The molecule has 2 aromatic carbocycles. The monoisotopic (exact) mass is 443 g/mol. The number of benzene rings is 2. The molecule has 0 aromatic heterocycles. The molecule has 162 valence electrons. The zero-order chi connectivity index (χ0) is 22.7. The van der Waals surface area contributed by atoms with Crippen LogP contribution in [0.25, 0.3) is 0 Å². The molecule has 0 saturated heterocycles. The normalized spacial score (nSPS) is 18.0. The van der Waals surface area contributed by atoms with Gasteiger partial charge >= 0.3 is 0 Å². The Hall–Kier alpha value is -3.30. The number of amides is 1. The minimum atomic E-state index is -0.395. The fourth-order valence-electron chi connectivity index (χ4n) is 4.23. The number of nitriles is 1. The molecule has 32 heavy (non-hydrogen) atoms. The summed E-state index contributed by atoms with van der Waals surface area (Å²) in [7, 11) is 0. The Labute approximate surface area is 192 Å². The number of hydrogen-bond donors (Lipinski definition) is 2. The highest BCUT2D eigenvalue weighted by Crippen LogP contribution is 2.44. The van der Waals surface area contributed by atoms with Gasteiger partial charge in [-0.1, -0.05) is 53.7 Å². The van der Waals surface area contributed by atoms with E-state index in [1.807, 2.05) is 62.4 Å². The number of ketones is 1. The third-order valence-corrected chi connectivity index (χ3v) is 6.86. The van der Waals surface area contributed by atoms with Gasteiger partial charge in [-0.15, -0.1) is 0 Å². The number of aryl methyl sites for hydroxylation is 2. The van der Waals surface area contributed by atoms with Crippen LogP contribution in [0.15, 0.2) is 70.4 Å². The number of nitrogens with zero attached hydrogens (tertiary/aromatic N) is 1. The smallest absolute Gasteiger partial charge is 0.234 e. The van der Waals surface area contributed by atoms with E-state index in [4.69, 9.17) is 0 Å². The molecule has 1 amide bonds. The van der Waals surface area contributed by atoms with Gasteiger partial charge in [-0.25, -0.2) is 0 Å². The van der Waals surface area contributed by atoms with Crippen molar-refractivity contribution >= 4 is 29.1 Å². The van der Waals surface area contributed by atoms with Crippen LogP contribution in [0.4, 0.5) is 5.69 Å². The van der Waals surface area contributed by atoms with Crippen LogP contribution in [-0.2, 0) is 9.59 Å². The molecule has 0 radical (unpaired) electrons. The summed E-state index contributed by atoms with van der Waals surface area (Å²) in [6.07, 6.45) is 2.06. The highest BCUT2D eigenvalue weighted by molar-refractivity contribution is 8.03. The molecule has 0 unspecified atom stereocenters. The lowest BCUT2D eigenvalue weighted by Gasteiger charge is -2.33. The van der Waals surface area contributed by atoms with E-state index in [2.05, 4.69) is 16.7 Å². The van der Waals surface area contributed by atoms with Gasteiger partial charge in [-0.05, 0) is 49.9 Å². The standard InChI is InChI=1S/C26H25N3O2S/c1-16-10-12-18(13-11-16)28-23(31)15-32-26-20(14-27)24(19-7-4-3-6-17(19)2)25-21(29-26)8-5-9-22(25)30/h3-4,6-7,10-13,24,29H,5,8-9,15H2,1-2H3,(H,28,31)/t24-/m0/s1. The maximum absolute atomic E-state index is 12.9. The van der Waals surface area contributed by atoms with E-state index >= 15 is 0 Å². The Morgan fingerprint density at radius 2 is 1.91 bits per heavy atom. The maximum atomic E-state index is 12.9. The van der Waals surface area contributed by atoms with Crippen molar-refractivity contribution in [3.63, 3.8) is 0 Å². The van der Waals surface area contributed by atoms with E-state index in [0.717, 1.165) is 40.9 Å². The van der Waals surface area contributed by atoms with Gasteiger partial charge in [0.05, 0.1) is 28.3 Å². The number of rotatable bonds is 5. The second kappa shape index (κ2) is 9.46. The predicted octanol–water partition coefficient (Wildman–Crippen LogP) is 5.10. The SMILES string of the molecule is Cc1ccc(NC(=O)CSC2=C(C#N)[C@H](c3ccccc3C)C3=C(CCCC3=O)N2)cc1. The lowest BCUT2D eigenvalue weighted by atomic mass is 9.76. The Bertz CT molecular complexity index is 1170. The highest BCUT2D eigenvalue weighted by atomic mass is 32.2. The molecule has 1 aliphatic carbocycles. The van der Waals surface area contributed by atoms with Crippen LogP contribution < -0.4 is 10.6 Å². The van der Waals surface area contributed by atoms with Gasteiger partial charge in [0.25, 0.3) is 0 Å². The van der Waals surface area contributed by atoms with Gasteiger partial charge in [0.2, 0.25) is 5.91 Å². The topological polar surface area (TPSA) is 82.0 Å². The fourth-order valence-corrected chi connectivity index (χ4v) is 5.09. The Morgan fingerprint density at radius 1 is 1.16 bits per heavy atom. The summed E-state index contributed by atoms with van der Waals surface area (Å²) in [6, 6.07) is 17.9. The first kappa shape index (κ1) is 21.9. The number of carbonyl (C=O) groups excluding carboxylic acids is 2. The number of anilines is 1. The minimum Gasteiger partial charge on any atom is -0.352 e. The summed E-state index contributed by atoms with van der Waals surface area (Å²) >= 11 is 1.31. The zero-order valence-electron chi connectivity index (χ0n) is 18.2. The average Bonchev–Trinajstić information content (AvgIpc) is 2.79. The lowest BCUT2D eigenvalue weighted by Crippen LogP contribution is -2.32. The van der Waals surface area contributed by atoms with E-state index in [9.17, 15) is 14.9 Å². The number of dihydropyridines is 1. The molecule has 1 atom stereocenters. The van der Waals surface area contributed by atoms with Gasteiger partial charge in [0, 0.05) is 23.4 Å². The van der Waals surface area contributed by atoms with Crippen molar-refractivity contribution < 1.29 is 9.59 Å². The van der Waals surface area contributed by atoms with Gasteiger partial charge in [-0.3, -0.25) is 9.59 Å². The number of nitrogens with one attached hydrogen (secondary N) is 2. The summed E-state index contributed by atoms with van der Waals surface area (Å²) in [5.74, 6) is -0.274.